The van der Waals surface area contributed by atoms with E-state index >= 15 is 0 Å². The number of carbonyl (C=O) groups is 2. The summed E-state index contributed by atoms with van der Waals surface area (Å²) in [5.41, 5.74) is 6.96. The standard InChI is InChI=1S/C18H22N4O3/c1-21(18(19)25)11-17(24)22-9-13(16(23)10-22)8-14-7-6-12-4-2-3-5-15(12)20-14/h2-7,13,16,23H,8-11H2,1H3,(H2,19,25)/t13-,16-/m1/s1. The highest BCUT2D eigenvalue weighted by molar-refractivity contribution is 5.83. The molecule has 1 aromatic carbocycles. The van der Waals surface area contributed by atoms with Crippen molar-refractivity contribution >= 4 is 22.8 Å². The van der Waals surface area contributed by atoms with Gasteiger partial charge in [-0.1, -0.05) is 24.3 Å². The fraction of sp³-hybridized carbons (Fsp3) is 0.389. The molecule has 0 bridgehead atoms. The monoisotopic (exact) mass is 342 g/mol. The molecular formula is C18H22N4O3. The first-order valence-corrected chi connectivity index (χ1v) is 8.25. The zero-order valence-corrected chi connectivity index (χ0v) is 14.1. The van der Waals surface area contributed by atoms with E-state index in [1.807, 2.05) is 36.4 Å². The molecule has 2 atom stereocenters. The highest BCUT2D eigenvalue weighted by Crippen LogP contribution is 2.22. The summed E-state index contributed by atoms with van der Waals surface area (Å²) < 4.78 is 0. The number of amides is 3. The predicted molar refractivity (Wildman–Crippen MR) is 93.7 cm³/mol. The number of pyridine rings is 1. The van der Waals surface area contributed by atoms with Crippen LogP contribution < -0.4 is 5.73 Å². The Morgan fingerprint density at radius 2 is 2.04 bits per heavy atom. The fourth-order valence-corrected chi connectivity index (χ4v) is 3.13. The second-order valence-electron chi connectivity index (χ2n) is 6.52. The molecule has 7 nitrogen and oxygen atoms in total. The van der Waals surface area contributed by atoms with Crippen molar-refractivity contribution in [2.45, 2.75) is 12.5 Å². The molecule has 3 N–H and O–H groups in total. The number of nitrogens with zero attached hydrogens (tertiary/aromatic N) is 3. The molecular weight excluding hydrogens is 320 g/mol. The van der Waals surface area contributed by atoms with Crippen molar-refractivity contribution in [1.82, 2.24) is 14.8 Å². The third-order valence-electron chi connectivity index (χ3n) is 4.64. The predicted octanol–water partition coefficient (Wildman–Crippen LogP) is 0.607. The first-order chi connectivity index (χ1) is 11.9. The summed E-state index contributed by atoms with van der Waals surface area (Å²) in [6.07, 6.45) is -0.00218. The number of fused-ring (bicyclic) bond motifs is 1. The Bertz CT molecular complexity index is 795. The van der Waals surface area contributed by atoms with Crippen LogP contribution in [0.4, 0.5) is 4.79 Å². The van der Waals surface area contributed by atoms with Gasteiger partial charge in [0.1, 0.15) is 6.54 Å². The van der Waals surface area contributed by atoms with Gasteiger partial charge in [-0.3, -0.25) is 9.78 Å². The van der Waals surface area contributed by atoms with E-state index in [4.69, 9.17) is 5.73 Å². The Labute approximate surface area is 146 Å². The number of hydrogen-bond acceptors (Lipinski definition) is 4. The van der Waals surface area contributed by atoms with Crippen molar-refractivity contribution in [2.75, 3.05) is 26.7 Å². The van der Waals surface area contributed by atoms with Gasteiger partial charge >= 0.3 is 6.03 Å². The molecule has 1 saturated heterocycles. The molecule has 132 valence electrons. The van der Waals surface area contributed by atoms with E-state index in [-0.39, 0.29) is 24.9 Å². The van der Waals surface area contributed by atoms with Crippen LogP contribution in [0.2, 0.25) is 0 Å². The zero-order valence-electron chi connectivity index (χ0n) is 14.1. The lowest BCUT2D eigenvalue weighted by atomic mass is 9.99. The van der Waals surface area contributed by atoms with E-state index in [1.165, 1.54) is 7.05 Å². The minimum atomic E-state index is -0.648. The first kappa shape index (κ1) is 17.2. The molecule has 3 rings (SSSR count). The molecule has 2 heterocycles. The van der Waals surface area contributed by atoms with Gasteiger partial charge < -0.3 is 20.6 Å². The normalized spacial score (nSPS) is 20.0. The lowest BCUT2D eigenvalue weighted by Gasteiger charge is -2.20. The van der Waals surface area contributed by atoms with E-state index in [0.717, 1.165) is 21.5 Å². The number of likely N-dealkylation sites (N-methyl/N-ethyl adjacent to an activating group) is 1. The molecule has 25 heavy (non-hydrogen) atoms. The number of rotatable bonds is 4. The number of hydrogen-bond donors (Lipinski definition) is 2. The second kappa shape index (κ2) is 7.06. The minimum absolute atomic E-state index is 0.0727. The highest BCUT2D eigenvalue weighted by atomic mass is 16.3. The van der Waals surface area contributed by atoms with E-state index in [9.17, 15) is 14.7 Å². The Morgan fingerprint density at radius 1 is 1.28 bits per heavy atom. The summed E-state index contributed by atoms with van der Waals surface area (Å²) in [6.45, 7) is 0.633. The van der Waals surface area contributed by atoms with Crippen molar-refractivity contribution < 1.29 is 14.7 Å². The van der Waals surface area contributed by atoms with Gasteiger partial charge in [0.2, 0.25) is 5.91 Å². The van der Waals surface area contributed by atoms with Gasteiger partial charge in [-0.05, 0) is 18.6 Å². The number of benzene rings is 1. The topological polar surface area (TPSA) is 99.8 Å². The van der Waals surface area contributed by atoms with Crippen molar-refractivity contribution in [3.8, 4) is 0 Å². The smallest absolute Gasteiger partial charge is 0.314 e. The molecule has 1 aromatic heterocycles. The number of carbonyl (C=O) groups excluding carboxylic acids is 2. The number of nitrogens with two attached hydrogens (primary N) is 1. The van der Waals surface area contributed by atoms with Crippen molar-refractivity contribution in [1.29, 1.82) is 0 Å². The maximum atomic E-state index is 12.2. The van der Waals surface area contributed by atoms with Crippen LogP contribution in [-0.4, -0.2) is 64.6 Å². The van der Waals surface area contributed by atoms with E-state index in [0.29, 0.717) is 13.0 Å². The summed E-state index contributed by atoms with van der Waals surface area (Å²) in [5.74, 6) is -0.286. The number of primary amides is 1. The van der Waals surface area contributed by atoms with Gasteiger partial charge in [0, 0.05) is 37.1 Å². The molecule has 1 fully saturated rings. The largest absolute Gasteiger partial charge is 0.391 e. The maximum absolute atomic E-state index is 12.2. The lowest BCUT2D eigenvalue weighted by molar-refractivity contribution is -0.130. The molecule has 2 aromatic rings. The molecule has 7 heteroatoms. The van der Waals surface area contributed by atoms with E-state index in [1.54, 1.807) is 4.90 Å². The average Bonchev–Trinajstić information content (AvgIpc) is 2.95. The van der Waals surface area contributed by atoms with Crippen molar-refractivity contribution in [2.24, 2.45) is 11.7 Å². The van der Waals surface area contributed by atoms with Gasteiger partial charge in [-0.2, -0.15) is 0 Å². The van der Waals surface area contributed by atoms with Crippen LogP contribution in [0.15, 0.2) is 36.4 Å². The van der Waals surface area contributed by atoms with E-state index in [2.05, 4.69) is 4.98 Å². The van der Waals surface area contributed by atoms with Gasteiger partial charge in [0.15, 0.2) is 0 Å². The van der Waals surface area contributed by atoms with Gasteiger partial charge in [0.25, 0.3) is 0 Å². The van der Waals surface area contributed by atoms with E-state index < -0.39 is 12.1 Å². The number of aliphatic hydroxyl groups is 1. The van der Waals surface area contributed by atoms with Gasteiger partial charge in [-0.25, -0.2) is 4.79 Å². The van der Waals surface area contributed by atoms with Crippen LogP contribution in [0.1, 0.15) is 5.69 Å². The summed E-state index contributed by atoms with van der Waals surface area (Å²) in [4.78, 5) is 30.6. The van der Waals surface area contributed by atoms with Crippen LogP contribution in [0, 0.1) is 5.92 Å². The molecule has 0 unspecified atom stereocenters. The van der Waals surface area contributed by atoms with Gasteiger partial charge in [0.05, 0.1) is 11.6 Å². The van der Waals surface area contributed by atoms with Crippen LogP contribution in [0.25, 0.3) is 10.9 Å². The number of aliphatic hydroxyl groups excluding tert-OH is 1. The second-order valence-corrected chi connectivity index (χ2v) is 6.52. The van der Waals surface area contributed by atoms with Crippen LogP contribution in [0.3, 0.4) is 0 Å². The van der Waals surface area contributed by atoms with Gasteiger partial charge in [-0.15, -0.1) is 0 Å². The Kier molecular flexibility index (Phi) is 4.85. The van der Waals surface area contributed by atoms with Crippen LogP contribution >= 0.6 is 0 Å². The number of para-hydroxylation sites is 1. The average molecular weight is 342 g/mol. The highest BCUT2D eigenvalue weighted by Gasteiger charge is 2.34. The molecule has 0 saturated carbocycles. The third-order valence-corrected chi connectivity index (χ3v) is 4.64. The summed E-state index contributed by atoms with van der Waals surface area (Å²) >= 11 is 0. The number of urea groups is 1. The fourth-order valence-electron chi connectivity index (χ4n) is 3.13. The lowest BCUT2D eigenvalue weighted by Crippen LogP contribution is -2.42. The Hall–Kier alpha value is -2.67. The summed E-state index contributed by atoms with van der Waals surface area (Å²) in [5, 5.41) is 11.4. The Balaban J connectivity index is 1.65. The van der Waals surface area contributed by atoms with Crippen molar-refractivity contribution in [3.05, 3.63) is 42.1 Å². The minimum Gasteiger partial charge on any atom is -0.391 e. The number of aromatic nitrogens is 1. The molecule has 0 radical (unpaired) electrons. The molecule has 3 amide bonds. The quantitative estimate of drug-likeness (QED) is 0.850. The van der Waals surface area contributed by atoms with Crippen LogP contribution in [-0.2, 0) is 11.2 Å². The third kappa shape index (κ3) is 3.88. The van der Waals surface area contributed by atoms with Crippen molar-refractivity contribution in [3.63, 3.8) is 0 Å². The molecule has 0 aliphatic carbocycles. The molecule has 1 aliphatic rings. The first-order valence-electron chi connectivity index (χ1n) is 8.25. The van der Waals surface area contributed by atoms with Crippen LogP contribution in [0.5, 0.6) is 0 Å². The Morgan fingerprint density at radius 3 is 2.80 bits per heavy atom. The SMILES string of the molecule is CN(CC(=O)N1C[C@@H](Cc2ccc3ccccc3n2)[C@H](O)C1)C(N)=O. The number of likely N-dealkylation sites (tertiary alicyclic amines) is 1. The maximum Gasteiger partial charge on any atom is 0.314 e. The molecule has 0 spiro atoms. The molecule has 1 aliphatic heterocycles. The summed E-state index contributed by atoms with van der Waals surface area (Å²) in [6, 6.07) is 11.2. The zero-order chi connectivity index (χ0) is 18.0. The summed E-state index contributed by atoms with van der Waals surface area (Å²) in [7, 11) is 1.48. The number of β-amino-alcohol motifs (C(OH)–C–C–N with tert-alkyl or cyclic N) is 1.